The molecule has 0 spiro atoms. The number of rotatable bonds is 4. The van der Waals surface area contributed by atoms with Crippen LogP contribution < -0.4 is 0 Å². The minimum absolute atomic E-state index is 0.182. The molecule has 1 atom stereocenters. The lowest BCUT2D eigenvalue weighted by Crippen LogP contribution is -2.10. The Balaban J connectivity index is 2.47. The van der Waals surface area contributed by atoms with Crippen molar-refractivity contribution in [3.05, 3.63) is 35.8 Å². The van der Waals surface area contributed by atoms with Crippen LogP contribution in [0.5, 0.6) is 0 Å². The predicted molar refractivity (Wildman–Crippen MR) is 71.1 cm³/mol. The zero-order chi connectivity index (χ0) is 13.3. The van der Waals surface area contributed by atoms with Crippen LogP contribution in [0.25, 0.3) is 10.9 Å². The number of H-pyrrole nitrogens is 1. The second-order valence-corrected chi connectivity index (χ2v) is 5.19. The van der Waals surface area contributed by atoms with Gasteiger partial charge >= 0.3 is 0 Å². The van der Waals surface area contributed by atoms with Crippen LogP contribution in [0, 0.1) is 11.7 Å². The lowest BCUT2D eigenvalue weighted by atomic mass is 9.84. The summed E-state index contributed by atoms with van der Waals surface area (Å²) >= 11 is 0. The molecular weight excluding hydrogens is 229 g/mol. The van der Waals surface area contributed by atoms with E-state index in [1.165, 1.54) is 12.1 Å². The highest BCUT2D eigenvalue weighted by molar-refractivity contribution is 5.85. The third-order valence-electron chi connectivity index (χ3n) is 3.39. The van der Waals surface area contributed by atoms with Crippen LogP contribution in [0.4, 0.5) is 4.39 Å². The smallest absolute Gasteiger partial charge is 0.130 e. The lowest BCUT2D eigenvalue weighted by molar-refractivity contribution is -0.117. The SMILES string of the molecule is CC(=O)CC(c1c[nH]c2cc(F)ccc12)C(C)C. The number of hydrogen-bond acceptors (Lipinski definition) is 1. The topological polar surface area (TPSA) is 32.9 Å². The van der Waals surface area contributed by atoms with Crippen LogP contribution in [-0.2, 0) is 4.79 Å². The number of aromatic amines is 1. The first-order valence-corrected chi connectivity index (χ1v) is 6.25. The van der Waals surface area contributed by atoms with Gasteiger partial charge in [-0.05, 0) is 42.5 Å². The Labute approximate surface area is 106 Å². The van der Waals surface area contributed by atoms with Crippen molar-refractivity contribution in [2.24, 2.45) is 5.92 Å². The summed E-state index contributed by atoms with van der Waals surface area (Å²) in [7, 11) is 0. The van der Waals surface area contributed by atoms with E-state index in [2.05, 4.69) is 18.8 Å². The fourth-order valence-corrected chi connectivity index (χ4v) is 2.44. The number of fused-ring (bicyclic) bond motifs is 1. The molecule has 18 heavy (non-hydrogen) atoms. The number of carbonyl (C=O) groups is 1. The number of hydrogen-bond donors (Lipinski definition) is 1. The fourth-order valence-electron chi connectivity index (χ4n) is 2.44. The van der Waals surface area contributed by atoms with Crippen molar-refractivity contribution in [3.63, 3.8) is 0 Å². The van der Waals surface area contributed by atoms with E-state index in [0.29, 0.717) is 12.3 Å². The van der Waals surface area contributed by atoms with E-state index in [1.54, 1.807) is 13.0 Å². The van der Waals surface area contributed by atoms with Crippen molar-refractivity contribution < 1.29 is 9.18 Å². The molecule has 1 unspecified atom stereocenters. The second kappa shape index (κ2) is 4.92. The Morgan fingerprint density at radius 3 is 2.72 bits per heavy atom. The van der Waals surface area contributed by atoms with E-state index in [-0.39, 0.29) is 17.5 Å². The Morgan fingerprint density at radius 2 is 2.11 bits per heavy atom. The number of Topliss-reactive ketones (excluding diaryl/α,β-unsaturated/α-hetero) is 1. The van der Waals surface area contributed by atoms with E-state index in [0.717, 1.165) is 16.5 Å². The number of aromatic nitrogens is 1. The average molecular weight is 247 g/mol. The molecule has 0 saturated heterocycles. The normalized spacial score (nSPS) is 13.2. The van der Waals surface area contributed by atoms with Crippen molar-refractivity contribution >= 4 is 16.7 Å². The molecule has 2 aromatic rings. The molecule has 0 radical (unpaired) electrons. The summed E-state index contributed by atoms with van der Waals surface area (Å²) in [6, 6.07) is 4.74. The molecule has 0 saturated carbocycles. The molecule has 2 nitrogen and oxygen atoms in total. The van der Waals surface area contributed by atoms with Crippen LogP contribution in [0.15, 0.2) is 24.4 Å². The van der Waals surface area contributed by atoms with E-state index >= 15 is 0 Å². The number of carbonyl (C=O) groups excluding carboxylic acids is 1. The van der Waals surface area contributed by atoms with Gasteiger partial charge in [0.1, 0.15) is 11.6 Å². The van der Waals surface area contributed by atoms with Crippen molar-refractivity contribution in [3.8, 4) is 0 Å². The molecule has 3 heteroatoms. The first-order valence-electron chi connectivity index (χ1n) is 6.25. The maximum absolute atomic E-state index is 13.1. The summed E-state index contributed by atoms with van der Waals surface area (Å²) in [5, 5.41) is 1.01. The summed E-state index contributed by atoms with van der Waals surface area (Å²) in [6.07, 6.45) is 2.43. The molecule has 0 bridgehead atoms. The van der Waals surface area contributed by atoms with Crippen molar-refractivity contribution in [1.82, 2.24) is 4.98 Å². The number of nitrogens with one attached hydrogen (secondary N) is 1. The zero-order valence-electron chi connectivity index (χ0n) is 11.0. The third kappa shape index (κ3) is 2.45. The van der Waals surface area contributed by atoms with Gasteiger partial charge in [0.2, 0.25) is 0 Å². The molecular formula is C15H18FNO. The molecule has 0 amide bonds. The second-order valence-electron chi connectivity index (χ2n) is 5.19. The fraction of sp³-hybridized carbons (Fsp3) is 0.400. The first kappa shape index (κ1) is 12.8. The summed E-state index contributed by atoms with van der Waals surface area (Å²) in [4.78, 5) is 14.5. The highest BCUT2D eigenvalue weighted by Crippen LogP contribution is 2.33. The first-order chi connectivity index (χ1) is 8.49. The lowest BCUT2D eigenvalue weighted by Gasteiger charge is -2.19. The summed E-state index contributed by atoms with van der Waals surface area (Å²) in [5.41, 5.74) is 1.90. The number of halogens is 1. The number of ketones is 1. The monoisotopic (exact) mass is 247 g/mol. The Bertz CT molecular complexity index is 571. The largest absolute Gasteiger partial charge is 0.361 e. The van der Waals surface area contributed by atoms with Crippen LogP contribution in [-0.4, -0.2) is 10.8 Å². The van der Waals surface area contributed by atoms with Gasteiger partial charge in [-0.3, -0.25) is 0 Å². The summed E-state index contributed by atoms with van der Waals surface area (Å²) in [5.74, 6) is 0.494. The minimum Gasteiger partial charge on any atom is -0.361 e. The van der Waals surface area contributed by atoms with Gasteiger partial charge in [-0.1, -0.05) is 13.8 Å². The Hall–Kier alpha value is -1.64. The van der Waals surface area contributed by atoms with Gasteiger partial charge in [0.05, 0.1) is 0 Å². The molecule has 0 aliphatic rings. The van der Waals surface area contributed by atoms with E-state index < -0.39 is 0 Å². The average Bonchev–Trinajstić information content (AvgIpc) is 2.67. The van der Waals surface area contributed by atoms with E-state index in [4.69, 9.17) is 0 Å². The van der Waals surface area contributed by atoms with Gasteiger partial charge in [-0.25, -0.2) is 4.39 Å². The van der Waals surface area contributed by atoms with E-state index in [9.17, 15) is 9.18 Å². The van der Waals surface area contributed by atoms with E-state index in [1.807, 2.05) is 6.20 Å². The maximum atomic E-state index is 13.1. The molecule has 96 valence electrons. The van der Waals surface area contributed by atoms with Crippen LogP contribution in [0.1, 0.15) is 38.7 Å². The van der Waals surface area contributed by atoms with Gasteiger partial charge < -0.3 is 9.78 Å². The standard InChI is InChI=1S/C15H18FNO/c1-9(2)13(6-10(3)18)14-8-17-15-7-11(16)4-5-12(14)15/h4-5,7-9,13,17H,6H2,1-3H3. The molecule has 0 aliphatic carbocycles. The summed E-state index contributed by atoms with van der Waals surface area (Å²) in [6.45, 7) is 5.83. The van der Waals surface area contributed by atoms with Crippen molar-refractivity contribution in [2.75, 3.05) is 0 Å². The minimum atomic E-state index is -0.247. The van der Waals surface area contributed by atoms with Crippen LogP contribution >= 0.6 is 0 Å². The molecule has 0 aliphatic heterocycles. The molecule has 2 rings (SSSR count). The maximum Gasteiger partial charge on any atom is 0.130 e. The highest BCUT2D eigenvalue weighted by atomic mass is 19.1. The number of benzene rings is 1. The molecule has 1 aromatic carbocycles. The Morgan fingerprint density at radius 1 is 1.39 bits per heavy atom. The van der Waals surface area contributed by atoms with Gasteiger partial charge in [-0.15, -0.1) is 0 Å². The highest BCUT2D eigenvalue weighted by Gasteiger charge is 2.21. The third-order valence-corrected chi connectivity index (χ3v) is 3.39. The van der Waals surface area contributed by atoms with Crippen LogP contribution in [0.3, 0.4) is 0 Å². The van der Waals surface area contributed by atoms with Gasteiger partial charge in [-0.2, -0.15) is 0 Å². The zero-order valence-corrected chi connectivity index (χ0v) is 11.0. The van der Waals surface area contributed by atoms with Crippen LogP contribution in [0.2, 0.25) is 0 Å². The van der Waals surface area contributed by atoms with Crippen molar-refractivity contribution in [1.29, 1.82) is 0 Å². The molecule has 1 aromatic heterocycles. The predicted octanol–water partition coefficient (Wildman–Crippen LogP) is 4.03. The van der Waals surface area contributed by atoms with Gasteiger partial charge in [0.25, 0.3) is 0 Å². The molecule has 0 fully saturated rings. The molecule has 1 heterocycles. The quantitative estimate of drug-likeness (QED) is 0.869. The Kier molecular flexibility index (Phi) is 3.50. The van der Waals surface area contributed by atoms with Crippen molar-refractivity contribution in [2.45, 2.75) is 33.1 Å². The van der Waals surface area contributed by atoms with Gasteiger partial charge in [0.15, 0.2) is 0 Å². The van der Waals surface area contributed by atoms with Gasteiger partial charge in [0, 0.05) is 23.5 Å². The molecule has 1 N–H and O–H groups in total. The summed E-state index contributed by atoms with van der Waals surface area (Å²) < 4.78 is 13.1.